The molecule has 3 heterocycles. The highest BCUT2D eigenvalue weighted by molar-refractivity contribution is 7.20. The molecule has 0 aromatic carbocycles. The molecule has 0 atom stereocenters. The molecule has 0 spiro atoms. The van der Waals surface area contributed by atoms with E-state index in [1.165, 1.54) is 11.3 Å². The number of nitrogens with zero attached hydrogens (tertiary/aromatic N) is 3. The molecule has 136 valence electrons. The summed E-state index contributed by atoms with van der Waals surface area (Å²) in [7, 11) is 0. The van der Waals surface area contributed by atoms with Crippen molar-refractivity contribution in [1.29, 1.82) is 0 Å². The number of likely N-dealkylation sites (N-methyl/N-ethyl adjacent to an activating group) is 1. The number of aryl methyl sites for hydroxylation is 2. The van der Waals surface area contributed by atoms with Gasteiger partial charge in [-0.25, -0.2) is 4.98 Å². The van der Waals surface area contributed by atoms with Gasteiger partial charge in [0.2, 0.25) is 0 Å². The Bertz CT molecular complexity index is 836. The zero-order valence-corrected chi connectivity index (χ0v) is 16.0. The lowest BCUT2D eigenvalue weighted by atomic mass is 10.1. The number of rotatable bonds is 6. The van der Waals surface area contributed by atoms with Crippen molar-refractivity contribution in [3.63, 3.8) is 0 Å². The van der Waals surface area contributed by atoms with Crippen LogP contribution in [-0.4, -0.2) is 46.5 Å². The summed E-state index contributed by atoms with van der Waals surface area (Å²) < 4.78 is 1.79. The molecule has 0 bridgehead atoms. The Hall–Kier alpha value is -1.73. The van der Waals surface area contributed by atoms with Crippen molar-refractivity contribution < 1.29 is 4.79 Å². The molecule has 1 N–H and O–H groups in total. The van der Waals surface area contributed by atoms with E-state index in [9.17, 15) is 9.59 Å². The highest BCUT2D eigenvalue weighted by atomic mass is 32.1. The maximum atomic E-state index is 12.8. The van der Waals surface area contributed by atoms with Crippen LogP contribution in [0.2, 0.25) is 0 Å². The van der Waals surface area contributed by atoms with Crippen LogP contribution in [0.25, 0.3) is 10.2 Å². The van der Waals surface area contributed by atoms with Crippen LogP contribution in [0, 0.1) is 6.92 Å². The summed E-state index contributed by atoms with van der Waals surface area (Å²) in [6.07, 6.45) is 2.93. The van der Waals surface area contributed by atoms with E-state index in [-0.39, 0.29) is 11.5 Å². The zero-order chi connectivity index (χ0) is 18.0. The largest absolute Gasteiger partial charge is 0.350 e. The Labute approximate surface area is 151 Å². The van der Waals surface area contributed by atoms with Gasteiger partial charge in [-0.1, -0.05) is 13.8 Å². The third-order valence-corrected chi connectivity index (χ3v) is 6.16. The van der Waals surface area contributed by atoms with Gasteiger partial charge in [0, 0.05) is 26.1 Å². The fourth-order valence-corrected chi connectivity index (χ4v) is 4.50. The average molecular weight is 362 g/mol. The lowest BCUT2D eigenvalue weighted by molar-refractivity contribution is 0.0952. The first-order valence-electron chi connectivity index (χ1n) is 9.10. The minimum atomic E-state index is -0.102. The lowest BCUT2D eigenvalue weighted by Gasteiger charge is -2.17. The maximum Gasteiger partial charge on any atom is 0.262 e. The summed E-state index contributed by atoms with van der Waals surface area (Å²) in [6, 6.07) is 0. The van der Waals surface area contributed by atoms with Gasteiger partial charge in [0.05, 0.1) is 10.3 Å². The topological polar surface area (TPSA) is 67.2 Å². The molecule has 7 heteroatoms. The van der Waals surface area contributed by atoms with Gasteiger partial charge in [0.1, 0.15) is 10.7 Å². The number of fused-ring (bicyclic) bond motifs is 2. The van der Waals surface area contributed by atoms with Crippen molar-refractivity contribution in [1.82, 2.24) is 19.8 Å². The van der Waals surface area contributed by atoms with Crippen LogP contribution >= 0.6 is 11.3 Å². The van der Waals surface area contributed by atoms with Crippen LogP contribution in [0.3, 0.4) is 0 Å². The second-order valence-corrected chi connectivity index (χ2v) is 7.46. The maximum absolute atomic E-state index is 12.8. The van der Waals surface area contributed by atoms with Crippen molar-refractivity contribution in [3.8, 4) is 0 Å². The smallest absolute Gasteiger partial charge is 0.262 e. The minimum Gasteiger partial charge on any atom is -0.350 e. The molecule has 0 radical (unpaired) electrons. The Morgan fingerprint density at radius 3 is 2.80 bits per heavy atom. The summed E-state index contributed by atoms with van der Waals surface area (Å²) in [4.78, 5) is 33.6. The summed E-state index contributed by atoms with van der Waals surface area (Å²) in [6.45, 7) is 10.2. The number of carbonyl (C=O) groups is 1. The fraction of sp³-hybridized carbons (Fsp3) is 0.611. The number of hydrogen-bond acceptors (Lipinski definition) is 5. The van der Waals surface area contributed by atoms with Gasteiger partial charge in [-0.3, -0.25) is 14.2 Å². The molecule has 0 aliphatic carbocycles. The molecule has 6 nitrogen and oxygen atoms in total. The van der Waals surface area contributed by atoms with Crippen LogP contribution in [0.5, 0.6) is 0 Å². The molecule has 1 aliphatic rings. The van der Waals surface area contributed by atoms with Gasteiger partial charge < -0.3 is 10.2 Å². The molecule has 1 aliphatic heterocycles. The molecule has 2 aromatic rings. The molecule has 0 unspecified atom stereocenters. The van der Waals surface area contributed by atoms with E-state index >= 15 is 0 Å². The van der Waals surface area contributed by atoms with Gasteiger partial charge in [-0.15, -0.1) is 11.3 Å². The van der Waals surface area contributed by atoms with Crippen LogP contribution in [0.4, 0.5) is 0 Å². The molecule has 0 fully saturated rings. The molecular formula is C18H26N4O2S. The van der Waals surface area contributed by atoms with Gasteiger partial charge >= 0.3 is 0 Å². The standard InChI is InChI=1S/C18H26N4O2S/c1-4-21(5-2)11-9-19-16(23)15-12(3)14-17(25-15)20-13-8-6-7-10-22(13)18(14)24/h4-11H2,1-3H3,(H,19,23). The highest BCUT2D eigenvalue weighted by Crippen LogP contribution is 2.28. The van der Waals surface area contributed by atoms with Crippen molar-refractivity contribution in [2.45, 2.75) is 46.6 Å². The summed E-state index contributed by atoms with van der Waals surface area (Å²) in [5.74, 6) is 0.758. The first kappa shape index (κ1) is 18.1. The van der Waals surface area contributed by atoms with E-state index in [0.29, 0.717) is 21.6 Å². The number of hydrogen-bond donors (Lipinski definition) is 1. The Morgan fingerprint density at radius 2 is 2.08 bits per heavy atom. The average Bonchev–Trinajstić information content (AvgIpc) is 2.95. The van der Waals surface area contributed by atoms with Gasteiger partial charge in [0.25, 0.3) is 11.5 Å². The summed E-state index contributed by atoms with van der Waals surface area (Å²) in [5, 5.41) is 3.60. The van der Waals surface area contributed by atoms with E-state index in [1.54, 1.807) is 4.57 Å². The van der Waals surface area contributed by atoms with E-state index in [2.05, 4.69) is 29.0 Å². The fourth-order valence-electron chi connectivity index (χ4n) is 3.40. The summed E-state index contributed by atoms with van der Waals surface area (Å²) >= 11 is 1.34. The normalized spacial score (nSPS) is 14.1. The summed E-state index contributed by atoms with van der Waals surface area (Å²) in [5.41, 5.74) is 0.773. The molecule has 0 saturated carbocycles. The second kappa shape index (κ2) is 7.66. The van der Waals surface area contributed by atoms with Crippen molar-refractivity contribution in [3.05, 3.63) is 26.6 Å². The van der Waals surface area contributed by atoms with E-state index in [0.717, 1.165) is 56.8 Å². The lowest BCUT2D eigenvalue weighted by Crippen LogP contribution is -2.34. The predicted molar refractivity (Wildman–Crippen MR) is 102 cm³/mol. The molecule has 1 amide bonds. The van der Waals surface area contributed by atoms with Crippen LogP contribution < -0.4 is 10.9 Å². The van der Waals surface area contributed by atoms with Crippen LogP contribution in [0.15, 0.2) is 4.79 Å². The Kier molecular flexibility index (Phi) is 5.54. The van der Waals surface area contributed by atoms with Crippen molar-refractivity contribution >= 4 is 27.5 Å². The number of amides is 1. The van der Waals surface area contributed by atoms with E-state index < -0.39 is 0 Å². The first-order valence-corrected chi connectivity index (χ1v) is 9.91. The minimum absolute atomic E-state index is 0.00985. The van der Waals surface area contributed by atoms with Crippen LogP contribution in [0.1, 0.15) is 47.7 Å². The Balaban J connectivity index is 1.85. The van der Waals surface area contributed by atoms with Gasteiger partial charge in [-0.2, -0.15) is 0 Å². The SMILES string of the molecule is CCN(CC)CCNC(=O)c1sc2nc3n(c(=O)c2c1C)CCCC3. The third kappa shape index (κ3) is 3.48. The van der Waals surface area contributed by atoms with Gasteiger partial charge in [0.15, 0.2) is 0 Å². The molecule has 2 aromatic heterocycles. The molecular weight excluding hydrogens is 336 g/mol. The molecule has 25 heavy (non-hydrogen) atoms. The Morgan fingerprint density at radius 1 is 1.32 bits per heavy atom. The van der Waals surface area contributed by atoms with E-state index in [4.69, 9.17) is 0 Å². The van der Waals surface area contributed by atoms with Crippen LogP contribution in [-0.2, 0) is 13.0 Å². The number of nitrogens with one attached hydrogen (secondary N) is 1. The predicted octanol–water partition coefficient (Wildman–Crippen LogP) is 2.17. The van der Waals surface area contributed by atoms with Gasteiger partial charge in [-0.05, 0) is 38.4 Å². The first-order chi connectivity index (χ1) is 12.1. The highest BCUT2D eigenvalue weighted by Gasteiger charge is 2.22. The third-order valence-electron chi connectivity index (χ3n) is 4.98. The quantitative estimate of drug-likeness (QED) is 0.855. The monoisotopic (exact) mass is 362 g/mol. The number of thiophene rings is 1. The van der Waals surface area contributed by atoms with Crippen molar-refractivity contribution in [2.24, 2.45) is 0 Å². The molecule has 0 saturated heterocycles. The van der Waals surface area contributed by atoms with Crippen molar-refractivity contribution in [2.75, 3.05) is 26.2 Å². The van der Waals surface area contributed by atoms with E-state index in [1.807, 2.05) is 6.92 Å². The second-order valence-electron chi connectivity index (χ2n) is 6.46. The molecule has 3 rings (SSSR count). The zero-order valence-electron chi connectivity index (χ0n) is 15.2. The number of carbonyl (C=O) groups excluding carboxylic acids is 1. The number of aromatic nitrogens is 2.